The molecule has 2 N–H and O–H groups in total. The quantitative estimate of drug-likeness (QED) is 0.104. The van der Waals surface area contributed by atoms with Crippen LogP contribution in [-0.2, 0) is 32.1 Å². The third kappa shape index (κ3) is 7.22. The number of aryl methyl sites for hydroxylation is 5. The van der Waals surface area contributed by atoms with Crippen LogP contribution in [0.2, 0.25) is 0 Å². The van der Waals surface area contributed by atoms with Crippen molar-refractivity contribution < 1.29 is 0 Å². The number of rotatable bonds is 15. The van der Waals surface area contributed by atoms with Crippen LogP contribution in [0.4, 0.5) is 0 Å². The van der Waals surface area contributed by atoms with E-state index in [0.29, 0.717) is 0 Å². The third-order valence-corrected chi connectivity index (χ3v) is 12.9. The second-order valence-corrected chi connectivity index (χ2v) is 16.0. The number of aromatic amines is 2. The van der Waals surface area contributed by atoms with Crippen molar-refractivity contribution >= 4 is 44.4 Å². The van der Waals surface area contributed by atoms with E-state index < -0.39 is 0 Å². The molecule has 0 saturated carbocycles. The first-order valence-corrected chi connectivity index (χ1v) is 22.8. The topological polar surface area (TPSA) is 57.4 Å². The van der Waals surface area contributed by atoms with E-state index >= 15 is 0 Å². The fourth-order valence-electron chi connectivity index (χ4n) is 10.2. The van der Waals surface area contributed by atoms with Gasteiger partial charge < -0.3 is 9.97 Å². The maximum absolute atomic E-state index is 5.95. The molecule has 2 aromatic carbocycles. The Kier molecular flexibility index (Phi) is 13.0. The second-order valence-electron chi connectivity index (χ2n) is 16.0. The number of unbranched alkanes of at least 4 members (excludes halogenated alkanes) is 3. The highest BCUT2D eigenvalue weighted by Gasteiger charge is 2.29. The molecule has 0 amide bonds. The average Bonchev–Trinajstić information content (AvgIpc) is 4.01. The van der Waals surface area contributed by atoms with Gasteiger partial charge in [0.1, 0.15) is 0 Å². The summed E-state index contributed by atoms with van der Waals surface area (Å²) in [5.74, 6) is 0. The molecule has 4 heteroatoms. The summed E-state index contributed by atoms with van der Waals surface area (Å²) in [5, 5.41) is 0. The van der Waals surface area contributed by atoms with E-state index in [2.05, 4.69) is 139 Å². The maximum Gasteiger partial charge on any atom is 0.0771 e. The van der Waals surface area contributed by atoms with Gasteiger partial charge in [-0.25, -0.2) is 9.97 Å². The normalized spacial score (nSPS) is 13.0. The molecule has 302 valence electrons. The van der Waals surface area contributed by atoms with Gasteiger partial charge in [0.15, 0.2) is 0 Å². The van der Waals surface area contributed by atoms with E-state index in [9.17, 15) is 0 Å². The zero-order chi connectivity index (χ0) is 40.9. The van der Waals surface area contributed by atoms with Gasteiger partial charge in [0, 0.05) is 27.7 Å². The summed E-state index contributed by atoms with van der Waals surface area (Å²) in [5.41, 5.74) is 26.8. The number of aromatic nitrogens is 4. The number of H-pyrrole nitrogens is 2. The maximum atomic E-state index is 5.95. The highest BCUT2D eigenvalue weighted by molar-refractivity contribution is 6.04. The first kappa shape index (κ1) is 41.2. The summed E-state index contributed by atoms with van der Waals surface area (Å²) in [6.45, 7) is 20.9. The minimum absolute atomic E-state index is 0.919. The van der Waals surface area contributed by atoms with Crippen molar-refractivity contribution in [3.63, 3.8) is 0 Å². The van der Waals surface area contributed by atoms with Crippen LogP contribution in [0.5, 0.6) is 0 Å². The van der Waals surface area contributed by atoms with Gasteiger partial charge in [-0.05, 0) is 126 Å². The molecule has 0 saturated heterocycles. The Labute approximate surface area is 348 Å². The predicted molar refractivity (Wildman–Crippen MR) is 252 cm³/mol. The number of nitrogens with one attached hydrogen (secondary N) is 2. The van der Waals surface area contributed by atoms with Gasteiger partial charge in [0.2, 0.25) is 0 Å². The van der Waals surface area contributed by atoms with Gasteiger partial charge in [0.25, 0.3) is 0 Å². The lowest BCUT2D eigenvalue weighted by Crippen LogP contribution is -1.97. The Morgan fingerprint density at radius 3 is 1.43 bits per heavy atom. The summed E-state index contributed by atoms with van der Waals surface area (Å²) < 4.78 is 0. The predicted octanol–water partition coefficient (Wildman–Crippen LogP) is 15.5. The Morgan fingerprint density at radius 2 is 0.897 bits per heavy atom. The zero-order valence-electron chi connectivity index (χ0n) is 36.9. The SMILES string of the molecule is CCCCCCc1c2nc(c(-c3ccccc3)c3[nH]c(cc4nc(c(-c5ccccc5)c5[nH]c1c(CC)c5CC)C(CC)=C4CC)c(CC)c3CC)C(CC)=C2CC. The Balaban J connectivity index is 1.84. The third-order valence-electron chi connectivity index (χ3n) is 12.9. The zero-order valence-corrected chi connectivity index (χ0v) is 36.9. The highest BCUT2D eigenvalue weighted by Crippen LogP contribution is 2.46. The molecule has 58 heavy (non-hydrogen) atoms. The fourth-order valence-corrected chi connectivity index (χ4v) is 10.2. The van der Waals surface area contributed by atoms with E-state index in [1.54, 1.807) is 0 Å². The van der Waals surface area contributed by atoms with Crippen molar-refractivity contribution in [2.75, 3.05) is 0 Å². The molecule has 2 aliphatic rings. The summed E-state index contributed by atoms with van der Waals surface area (Å²) in [4.78, 5) is 20.0. The van der Waals surface area contributed by atoms with Crippen molar-refractivity contribution in [2.45, 2.75) is 146 Å². The summed E-state index contributed by atoms with van der Waals surface area (Å²) >= 11 is 0. The summed E-state index contributed by atoms with van der Waals surface area (Å²) in [6, 6.07) is 24.5. The lowest BCUT2D eigenvalue weighted by atomic mass is 9.91. The standard InChI is InChI=1S/C54H66N4/c1-10-19-20-27-32-44-49-40(15-6)42(17-8)53(57-49)47(34-28-23-21-24-29-34)51-38(13-4)36(11-2)45(55-51)33-46-37(12-3)39(14-5)52(56-46)48(35-30-25-22-26-31-35)54-43(18-9)41(16-7)50(44)58-54/h21-26,28-31,33,55,58H,10-20,27,32H2,1-9H3. The summed E-state index contributed by atoms with van der Waals surface area (Å²) in [7, 11) is 0. The molecule has 0 radical (unpaired) electrons. The van der Waals surface area contributed by atoms with Gasteiger partial charge in [0.05, 0.1) is 33.8 Å². The molecule has 2 aliphatic heterocycles. The number of hydrogen-bond acceptors (Lipinski definition) is 2. The number of fused-ring (bicyclic) bond motifs is 8. The first-order chi connectivity index (χ1) is 28.4. The van der Waals surface area contributed by atoms with Gasteiger partial charge >= 0.3 is 0 Å². The molecule has 5 aromatic rings. The minimum Gasteiger partial charge on any atom is -0.354 e. The highest BCUT2D eigenvalue weighted by atomic mass is 14.8. The van der Waals surface area contributed by atoms with Gasteiger partial charge in [-0.1, -0.05) is 142 Å². The van der Waals surface area contributed by atoms with Gasteiger partial charge in [-0.15, -0.1) is 0 Å². The monoisotopic (exact) mass is 771 g/mol. The molecule has 8 bridgehead atoms. The van der Waals surface area contributed by atoms with Gasteiger partial charge in [-0.2, -0.15) is 0 Å². The Bertz CT molecular complexity index is 2470. The van der Waals surface area contributed by atoms with Crippen LogP contribution in [0.25, 0.3) is 66.6 Å². The molecule has 4 nitrogen and oxygen atoms in total. The van der Waals surface area contributed by atoms with Crippen LogP contribution in [0, 0.1) is 0 Å². The molecule has 0 atom stereocenters. The smallest absolute Gasteiger partial charge is 0.0771 e. The van der Waals surface area contributed by atoms with E-state index in [1.165, 1.54) is 119 Å². The van der Waals surface area contributed by atoms with Gasteiger partial charge in [-0.3, -0.25) is 0 Å². The number of nitrogens with zero attached hydrogens (tertiary/aromatic N) is 2. The number of hydrogen-bond donors (Lipinski definition) is 2. The molecular formula is C54H66N4. The van der Waals surface area contributed by atoms with E-state index in [0.717, 1.165) is 81.3 Å². The molecule has 0 fully saturated rings. The molecule has 7 rings (SSSR count). The summed E-state index contributed by atoms with van der Waals surface area (Å²) in [6.07, 6.45) is 13.3. The van der Waals surface area contributed by atoms with Crippen molar-refractivity contribution in [3.05, 3.63) is 117 Å². The van der Waals surface area contributed by atoms with Crippen LogP contribution >= 0.6 is 0 Å². The minimum atomic E-state index is 0.919. The molecule has 0 unspecified atom stereocenters. The average molecular weight is 771 g/mol. The lowest BCUT2D eigenvalue weighted by Gasteiger charge is -2.11. The Hall–Kier alpha value is -4.96. The van der Waals surface area contributed by atoms with Crippen molar-refractivity contribution in [3.8, 4) is 22.3 Å². The molecular weight excluding hydrogens is 705 g/mol. The first-order valence-electron chi connectivity index (χ1n) is 22.8. The lowest BCUT2D eigenvalue weighted by molar-refractivity contribution is 0.666. The van der Waals surface area contributed by atoms with Crippen molar-refractivity contribution in [2.24, 2.45) is 0 Å². The van der Waals surface area contributed by atoms with Crippen LogP contribution in [0.15, 0.2) is 66.7 Å². The Morgan fingerprint density at radius 1 is 0.414 bits per heavy atom. The van der Waals surface area contributed by atoms with Crippen LogP contribution in [0.1, 0.15) is 164 Å². The van der Waals surface area contributed by atoms with E-state index in [1.807, 2.05) is 0 Å². The second kappa shape index (κ2) is 18.3. The molecule has 0 spiro atoms. The molecule has 3 aromatic heterocycles. The number of benzene rings is 2. The molecule has 5 heterocycles. The number of allylic oxidation sites excluding steroid dienone is 4. The van der Waals surface area contributed by atoms with E-state index in [-0.39, 0.29) is 0 Å². The van der Waals surface area contributed by atoms with E-state index in [4.69, 9.17) is 9.97 Å². The van der Waals surface area contributed by atoms with Crippen LogP contribution in [-0.4, -0.2) is 19.9 Å². The van der Waals surface area contributed by atoms with Crippen LogP contribution < -0.4 is 0 Å². The van der Waals surface area contributed by atoms with Crippen molar-refractivity contribution in [1.29, 1.82) is 0 Å². The fraction of sp³-hybridized carbons (Fsp3) is 0.407. The van der Waals surface area contributed by atoms with Crippen LogP contribution in [0.3, 0.4) is 0 Å². The largest absolute Gasteiger partial charge is 0.354 e. The van der Waals surface area contributed by atoms with Crippen molar-refractivity contribution in [1.82, 2.24) is 19.9 Å². The molecule has 0 aliphatic carbocycles.